The van der Waals surface area contributed by atoms with Crippen molar-refractivity contribution in [1.82, 2.24) is 0 Å². The number of fused-ring (bicyclic) bond motifs is 1. The summed E-state index contributed by atoms with van der Waals surface area (Å²) in [5.41, 5.74) is 5.66. The Labute approximate surface area is 206 Å². The summed E-state index contributed by atoms with van der Waals surface area (Å²) in [6, 6.07) is 18.4. The zero-order chi connectivity index (χ0) is 18.3. The zero-order valence-corrected chi connectivity index (χ0v) is 20.9. The smallest absolute Gasteiger partial charge is 1.00 e. The second-order valence-electron chi connectivity index (χ2n) is 8.19. The quantitative estimate of drug-likeness (QED) is 0.422. The van der Waals surface area contributed by atoms with E-state index in [2.05, 4.69) is 114 Å². The maximum atomic E-state index is 2.48. The van der Waals surface area contributed by atoms with Gasteiger partial charge in [-0.25, -0.2) is 0 Å². The van der Waals surface area contributed by atoms with E-state index in [9.17, 15) is 0 Å². The molecule has 2 aromatic rings. The summed E-state index contributed by atoms with van der Waals surface area (Å²) in [6.07, 6.45) is 9.45. The van der Waals surface area contributed by atoms with Gasteiger partial charge in [-0.1, -0.05) is 0 Å². The van der Waals surface area contributed by atoms with Gasteiger partial charge in [-0.15, -0.1) is 0 Å². The molecule has 0 nitrogen and oxygen atoms in total. The van der Waals surface area contributed by atoms with Crippen LogP contribution < -0.4 is 37.2 Å². The zero-order valence-electron chi connectivity index (χ0n) is 17.0. The van der Waals surface area contributed by atoms with Gasteiger partial charge in [0.25, 0.3) is 0 Å². The maximum Gasteiger partial charge on any atom is -1.00 e. The molecular formula is C25H27Cl3Ti. The fourth-order valence-electron chi connectivity index (χ4n) is 5.22. The van der Waals surface area contributed by atoms with Crippen molar-refractivity contribution >= 4 is 0 Å². The minimum atomic E-state index is 0. The number of allylic oxidation sites excluding steroid dienone is 4. The van der Waals surface area contributed by atoms with Crippen LogP contribution in [0.2, 0.25) is 4.22 Å². The van der Waals surface area contributed by atoms with Gasteiger partial charge in [-0.3, -0.25) is 0 Å². The van der Waals surface area contributed by atoms with Crippen LogP contribution in [-0.2, 0) is 20.4 Å². The Balaban J connectivity index is 0.00000140. The molecule has 1 saturated carbocycles. The summed E-state index contributed by atoms with van der Waals surface area (Å²) in [5, 5.41) is 0. The minimum Gasteiger partial charge on any atom is -1.00 e. The van der Waals surface area contributed by atoms with Crippen molar-refractivity contribution < 1.29 is 57.7 Å². The monoisotopic (exact) mass is 480 g/mol. The Morgan fingerprint density at radius 3 is 1.72 bits per heavy atom. The third kappa shape index (κ3) is 5.23. The number of rotatable bonds is 3. The van der Waals surface area contributed by atoms with E-state index in [1.807, 2.05) is 0 Å². The van der Waals surface area contributed by atoms with Crippen LogP contribution in [-0.4, -0.2) is 0 Å². The van der Waals surface area contributed by atoms with Gasteiger partial charge in [0.1, 0.15) is 0 Å². The SMILES string of the molecule is Cc1cccc(C(c2cccc(C)c2)C2C(C)[CH]([Ti+3])C3C=CC=CC32)c1.[Cl-].[Cl-].[Cl-]. The molecule has 1 fully saturated rings. The Morgan fingerprint density at radius 1 is 0.759 bits per heavy atom. The first-order valence-corrected chi connectivity index (χ1v) is 10.7. The summed E-state index contributed by atoms with van der Waals surface area (Å²) in [6.45, 7) is 6.90. The van der Waals surface area contributed by atoms with Gasteiger partial charge < -0.3 is 37.2 Å². The van der Waals surface area contributed by atoms with Crippen molar-refractivity contribution in [3.8, 4) is 0 Å². The van der Waals surface area contributed by atoms with Crippen molar-refractivity contribution in [2.24, 2.45) is 23.7 Å². The van der Waals surface area contributed by atoms with E-state index in [-0.39, 0.29) is 37.2 Å². The molecule has 0 amide bonds. The van der Waals surface area contributed by atoms with E-state index in [1.165, 1.54) is 22.3 Å². The predicted octanol–water partition coefficient (Wildman–Crippen LogP) is -2.59. The number of halogens is 3. The largest absolute Gasteiger partial charge is 1.00 e. The van der Waals surface area contributed by atoms with Crippen LogP contribution in [0.1, 0.15) is 35.1 Å². The van der Waals surface area contributed by atoms with E-state index in [4.69, 9.17) is 0 Å². The van der Waals surface area contributed by atoms with Gasteiger partial charge in [0.15, 0.2) is 0 Å². The maximum absolute atomic E-state index is 2.48. The Morgan fingerprint density at radius 2 is 1.24 bits per heavy atom. The molecule has 2 aliphatic rings. The summed E-state index contributed by atoms with van der Waals surface area (Å²) >= 11 is 2.45. The molecule has 0 aromatic heterocycles. The summed E-state index contributed by atoms with van der Waals surface area (Å²) in [5.74, 6) is 3.11. The van der Waals surface area contributed by atoms with Gasteiger partial charge in [0, 0.05) is 0 Å². The first-order chi connectivity index (χ1) is 12.6. The molecule has 4 rings (SSSR count). The number of hydrogen-bond donors (Lipinski definition) is 0. The molecule has 0 saturated heterocycles. The molecule has 0 N–H and O–H groups in total. The first kappa shape index (κ1) is 26.5. The average Bonchev–Trinajstić information content (AvgIpc) is 2.88. The van der Waals surface area contributed by atoms with E-state index in [0.717, 1.165) is 4.22 Å². The third-order valence-electron chi connectivity index (χ3n) is 6.44. The van der Waals surface area contributed by atoms with E-state index in [1.54, 1.807) is 0 Å². The first-order valence-electron chi connectivity index (χ1n) is 9.75. The molecule has 0 aliphatic heterocycles. The fraction of sp³-hybridized carbons (Fsp3) is 0.360. The van der Waals surface area contributed by atoms with E-state index < -0.39 is 0 Å². The predicted molar refractivity (Wildman–Crippen MR) is 106 cm³/mol. The number of hydrogen-bond acceptors (Lipinski definition) is 0. The average molecular weight is 482 g/mol. The van der Waals surface area contributed by atoms with Crippen LogP contribution >= 0.6 is 0 Å². The van der Waals surface area contributed by atoms with E-state index in [0.29, 0.717) is 29.6 Å². The molecule has 0 heterocycles. The summed E-state index contributed by atoms with van der Waals surface area (Å²) in [4.78, 5) is 0. The molecule has 4 heteroatoms. The molecule has 5 unspecified atom stereocenters. The van der Waals surface area contributed by atoms with Crippen molar-refractivity contribution in [3.63, 3.8) is 0 Å². The van der Waals surface area contributed by atoms with Crippen LogP contribution in [0.4, 0.5) is 0 Å². The van der Waals surface area contributed by atoms with Gasteiger partial charge in [0.05, 0.1) is 0 Å². The Hall–Kier alpha value is -0.496. The van der Waals surface area contributed by atoms with Crippen molar-refractivity contribution in [2.75, 3.05) is 0 Å². The van der Waals surface area contributed by atoms with Gasteiger partial charge >= 0.3 is 170 Å². The molecule has 0 bridgehead atoms. The number of aryl methyl sites for hydroxylation is 2. The second-order valence-corrected chi connectivity index (χ2v) is 9.23. The number of benzene rings is 2. The molecular weight excluding hydrogens is 455 g/mol. The molecule has 5 atom stereocenters. The Kier molecular flexibility index (Phi) is 10.3. The van der Waals surface area contributed by atoms with Crippen LogP contribution in [0.15, 0.2) is 72.8 Å². The molecule has 29 heavy (non-hydrogen) atoms. The van der Waals surface area contributed by atoms with E-state index >= 15 is 0 Å². The van der Waals surface area contributed by atoms with Crippen LogP contribution in [0.5, 0.6) is 0 Å². The van der Waals surface area contributed by atoms with Crippen molar-refractivity contribution in [1.29, 1.82) is 0 Å². The van der Waals surface area contributed by atoms with Crippen LogP contribution in [0.3, 0.4) is 0 Å². The fourth-order valence-corrected chi connectivity index (χ4v) is 6.08. The van der Waals surface area contributed by atoms with Crippen LogP contribution in [0.25, 0.3) is 0 Å². The molecule has 2 aliphatic carbocycles. The topological polar surface area (TPSA) is 0 Å². The normalized spacial score (nSPS) is 26.9. The molecule has 0 radical (unpaired) electrons. The van der Waals surface area contributed by atoms with Gasteiger partial charge in [-0.2, -0.15) is 0 Å². The molecule has 152 valence electrons. The van der Waals surface area contributed by atoms with Crippen LogP contribution in [0, 0.1) is 37.5 Å². The second kappa shape index (κ2) is 11.2. The molecule has 0 spiro atoms. The Bertz CT molecular complexity index is 815. The standard InChI is InChI=1S/C25H27.3ClH.Ti/c1-17-8-6-11-21(14-17)25(22-12-7-9-18(2)15-22)24-19(3)16-20-10-4-5-13-23(20)24;;;;/h4-16,19-20,23-25H,1-3H3;3*1H;/q;;;;+3/p-3. The van der Waals surface area contributed by atoms with Crippen molar-refractivity contribution in [2.45, 2.75) is 30.9 Å². The summed E-state index contributed by atoms with van der Waals surface area (Å²) in [7, 11) is 0. The van der Waals surface area contributed by atoms with Gasteiger partial charge in [-0.05, 0) is 0 Å². The summed E-state index contributed by atoms with van der Waals surface area (Å²) < 4.78 is 0.725. The van der Waals surface area contributed by atoms with Crippen molar-refractivity contribution in [3.05, 3.63) is 95.1 Å². The molecule has 2 aromatic carbocycles. The third-order valence-corrected chi connectivity index (χ3v) is 7.86. The minimum absolute atomic E-state index is 0. The van der Waals surface area contributed by atoms with Gasteiger partial charge in [0.2, 0.25) is 0 Å².